The number of nitrogens with two attached hydrogens (primary N) is 1. The molecule has 2 rings (SSSR count). The Bertz CT molecular complexity index is 452. The molecule has 0 amide bonds. The molecule has 1 aromatic heterocycles. The molecule has 1 fully saturated rings. The van der Waals surface area contributed by atoms with Gasteiger partial charge in [0.15, 0.2) is 0 Å². The van der Waals surface area contributed by atoms with Crippen molar-refractivity contribution in [2.45, 2.75) is 26.4 Å². The minimum absolute atomic E-state index is 0.185. The lowest BCUT2D eigenvalue weighted by atomic mass is 10.3. The molecule has 0 bridgehead atoms. The fourth-order valence-electron chi connectivity index (χ4n) is 2.00. The molecule has 1 aliphatic rings. The normalized spacial score (nSPS) is 20.6. The number of hydrogen-bond donors (Lipinski definition) is 1. The first-order valence-electron chi connectivity index (χ1n) is 6.08. The van der Waals surface area contributed by atoms with Crippen LogP contribution in [0, 0.1) is 6.92 Å². The summed E-state index contributed by atoms with van der Waals surface area (Å²) >= 11 is 4.98. The van der Waals surface area contributed by atoms with Crippen molar-refractivity contribution in [3.05, 3.63) is 17.5 Å². The van der Waals surface area contributed by atoms with Gasteiger partial charge in [-0.1, -0.05) is 12.2 Å². The van der Waals surface area contributed by atoms with Gasteiger partial charge in [-0.2, -0.15) is 0 Å². The first-order valence-corrected chi connectivity index (χ1v) is 6.49. The van der Waals surface area contributed by atoms with Crippen LogP contribution in [-0.2, 0) is 4.74 Å². The number of aromatic nitrogens is 2. The van der Waals surface area contributed by atoms with Crippen molar-refractivity contribution in [3.8, 4) is 0 Å². The van der Waals surface area contributed by atoms with Crippen LogP contribution in [0.1, 0.15) is 24.7 Å². The van der Waals surface area contributed by atoms with Crippen molar-refractivity contribution in [1.82, 2.24) is 9.97 Å². The summed E-state index contributed by atoms with van der Waals surface area (Å²) in [6, 6.07) is 1.81. The molecule has 0 radical (unpaired) electrons. The summed E-state index contributed by atoms with van der Waals surface area (Å²) < 4.78 is 5.61. The van der Waals surface area contributed by atoms with Crippen molar-refractivity contribution >= 4 is 23.2 Å². The second-order valence-electron chi connectivity index (χ2n) is 4.54. The van der Waals surface area contributed by atoms with Gasteiger partial charge >= 0.3 is 0 Å². The smallest absolute Gasteiger partial charge is 0.226 e. The molecule has 0 aromatic carbocycles. The third-order valence-electron chi connectivity index (χ3n) is 2.83. The Labute approximate surface area is 112 Å². The second kappa shape index (κ2) is 5.58. The molecule has 0 aliphatic carbocycles. The van der Waals surface area contributed by atoms with Gasteiger partial charge in [-0.3, -0.25) is 0 Å². The standard InChI is InChI=1S/C12H18N4OS/c1-8-6-10(11(13)18)15-12(14-8)16-4-3-5-17-9(2)7-16/h6,9H,3-5,7H2,1-2H3,(H2,13,18). The van der Waals surface area contributed by atoms with E-state index in [1.165, 1.54) is 0 Å². The molecule has 5 nitrogen and oxygen atoms in total. The van der Waals surface area contributed by atoms with E-state index >= 15 is 0 Å². The van der Waals surface area contributed by atoms with Crippen molar-refractivity contribution < 1.29 is 4.74 Å². The Morgan fingerprint density at radius 2 is 2.33 bits per heavy atom. The number of nitrogens with zero attached hydrogens (tertiary/aromatic N) is 3. The Morgan fingerprint density at radius 3 is 3.06 bits per heavy atom. The zero-order chi connectivity index (χ0) is 13.1. The fourth-order valence-corrected chi connectivity index (χ4v) is 2.10. The summed E-state index contributed by atoms with van der Waals surface area (Å²) in [4.78, 5) is 11.3. The number of rotatable bonds is 2. The Morgan fingerprint density at radius 1 is 1.56 bits per heavy atom. The highest BCUT2D eigenvalue weighted by Gasteiger charge is 2.18. The Kier molecular flexibility index (Phi) is 4.08. The number of hydrogen-bond acceptors (Lipinski definition) is 5. The number of aryl methyl sites for hydroxylation is 1. The van der Waals surface area contributed by atoms with Crippen LogP contribution in [0.3, 0.4) is 0 Å². The molecule has 1 aliphatic heterocycles. The lowest BCUT2D eigenvalue weighted by molar-refractivity contribution is 0.0820. The van der Waals surface area contributed by atoms with Gasteiger partial charge in [0.05, 0.1) is 6.10 Å². The molecule has 2 heterocycles. The van der Waals surface area contributed by atoms with Crippen LogP contribution in [0.5, 0.6) is 0 Å². The van der Waals surface area contributed by atoms with Gasteiger partial charge in [0.25, 0.3) is 0 Å². The van der Waals surface area contributed by atoms with Gasteiger partial charge in [0, 0.05) is 25.4 Å². The highest BCUT2D eigenvalue weighted by Crippen LogP contribution is 2.14. The predicted octanol–water partition coefficient (Wildman–Crippen LogP) is 1.03. The fraction of sp³-hybridized carbons (Fsp3) is 0.583. The van der Waals surface area contributed by atoms with Crippen LogP contribution in [0.4, 0.5) is 5.95 Å². The average Bonchev–Trinajstić information content (AvgIpc) is 2.53. The lowest BCUT2D eigenvalue weighted by Crippen LogP contribution is -2.32. The quantitative estimate of drug-likeness (QED) is 0.807. The maximum Gasteiger partial charge on any atom is 0.226 e. The monoisotopic (exact) mass is 266 g/mol. The third-order valence-corrected chi connectivity index (χ3v) is 3.04. The zero-order valence-corrected chi connectivity index (χ0v) is 11.5. The Balaban J connectivity index is 2.28. The molecular formula is C12H18N4OS. The molecule has 98 valence electrons. The summed E-state index contributed by atoms with van der Waals surface area (Å²) in [7, 11) is 0. The summed E-state index contributed by atoms with van der Waals surface area (Å²) in [5.74, 6) is 0.690. The number of ether oxygens (including phenoxy) is 1. The second-order valence-corrected chi connectivity index (χ2v) is 4.98. The molecular weight excluding hydrogens is 248 g/mol. The minimum Gasteiger partial charge on any atom is -0.388 e. The van der Waals surface area contributed by atoms with Crippen molar-refractivity contribution in [1.29, 1.82) is 0 Å². The molecule has 2 N–H and O–H groups in total. The summed E-state index contributed by atoms with van der Waals surface area (Å²) in [5, 5.41) is 0. The van der Waals surface area contributed by atoms with E-state index in [9.17, 15) is 0 Å². The maximum absolute atomic E-state index is 5.64. The van der Waals surface area contributed by atoms with Crippen molar-refractivity contribution in [2.24, 2.45) is 5.73 Å². The molecule has 18 heavy (non-hydrogen) atoms. The van der Waals surface area contributed by atoms with Gasteiger partial charge in [-0.25, -0.2) is 9.97 Å². The minimum atomic E-state index is 0.185. The van der Waals surface area contributed by atoms with Gasteiger partial charge in [0.2, 0.25) is 5.95 Å². The van der Waals surface area contributed by atoms with Crippen LogP contribution in [-0.4, -0.2) is 40.8 Å². The van der Waals surface area contributed by atoms with E-state index < -0.39 is 0 Å². The van der Waals surface area contributed by atoms with E-state index in [2.05, 4.69) is 21.8 Å². The van der Waals surface area contributed by atoms with Crippen LogP contribution in [0.25, 0.3) is 0 Å². The van der Waals surface area contributed by atoms with E-state index in [0.29, 0.717) is 16.6 Å². The first-order chi connectivity index (χ1) is 8.56. The highest BCUT2D eigenvalue weighted by atomic mass is 32.1. The van der Waals surface area contributed by atoms with Crippen LogP contribution >= 0.6 is 12.2 Å². The number of thiocarbonyl (C=S) groups is 1. The first kappa shape index (κ1) is 13.2. The largest absolute Gasteiger partial charge is 0.388 e. The molecule has 0 saturated carbocycles. The van der Waals surface area contributed by atoms with Crippen LogP contribution in [0.15, 0.2) is 6.07 Å². The lowest BCUT2D eigenvalue weighted by Gasteiger charge is -2.22. The van der Waals surface area contributed by atoms with Crippen LogP contribution in [0.2, 0.25) is 0 Å². The van der Waals surface area contributed by atoms with Crippen molar-refractivity contribution in [3.63, 3.8) is 0 Å². The molecule has 1 atom stereocenters. The van der Waals surface area contributed by atoms with E-state index in [-0.39, 0.29) is 6.10 Å². The van der Waals surface area contributed by atoms with E-state index in [0.717, 1.165) is 31.8 Å². The van der Waals surface area contributed by atoms with Gasteiger partial charge < -0.3 is 15.4 Å². The molecule has 1 unspecified atom stereocenters. The maximum atomic E-state index is 5.64. The Hall–Kier alpha value is -1.27. The SMILES string of the molecule is Cc1cc(C(N)=S)nc(N2CCCOC(C)C2)n1. The van der Waals surface area contributed by atoms with E-state index in [1.807, 2.05) is 13.0 Å². The topological polar surface area (TPSA) is 64.3 Å². The van der Waals surface area contributed by atoms with Gasteiger partial charge in [0.1, 0.15) is 10.7 Å². The number of anilines is 1. The molecule has 0 spiro atoms. The molecule has 1 aromatic rings. The zero-order valence-electron chi connectivity index (χ0n) is 10.7. The third kappa shape index (κ3) is 3.14. The van der Waals surface area contributed by atoms with Crippen molar-refractivity contribution in [2.75, 3.05) is 24.6 Å². The highest BCUT2D eigenvalue weighted by molar-refractivity contribution is 7.80. The average molecular weight is 266 g/mol. The predicted molar refractivity (Wildman–Crippen MR) is 74.9 cm³/mol. The molecule has 6 heteroatoms. The summed E-state index contributed by atoms with van der Waals surface area (Å²) in [5.41, 5.74) is 7.14. The summed E-state index contributed by atoms with van der Waals surface area (Å²) in [6.07, 6.45) is 1.16. The van der Waals surface area contributed by atoms with Crippen LogP contribution < -0.4 is 10.6 Å². The van der Waals surface area contributed by atoms with Gasteiger partial charge in [-0.05, 0) is 26.3 Å². The van der Waals surface area contributed by atoms with Gasteiger partial charge in [-0.15, -0.1) is 0 Å². The van der Waals surface area contributed by atoms with E-state index in [4.69, 9.17) is 22.7 Å². The summed E-state index contributed by atoms with van der Waals surface area (Å²) in [6.45, 7) is 6.45. The van der Waals surface area contributed by atoms with E-state index in [1.54, 1.807) is 0 Å². The molecule has 1 saturated heterocycles.